The second-order valence-electron chi connectivity index (χ2n) is 5.58. The summed E-state index contributed by atoms with van der Waals surface area (Å²) in [4.78, 5) is 12.4. The molecule has 0 spiro atoms. The van der Waals surface area contributed by atoms with E-state index < -0.39 is 16.1 Å². The zero-order valence-electron chi connectivity index (χ0n) is 12.4. The van der Waals surface area contributed by atoms with E-state index in [-0.39, 0.29) is 16.2 Å². The van der Waals surface area contributed by atoms with E-state index in [2.05, 4.69) is 10.0 Å². The molecular weight excluding hydrogens is 332 g/mol. The fourth-order valence-corrected chi connectivity index (χ4v) is 4.43. The first-order chi connectivity index (χ1) is 11.0. The quantitative estimate of drug-likeness (QED) is 0.801. The highest BCUT2D eigenvalue weighted by atomic mass is 32.2. The molecule has 3 rings (SSSR count). The van der Waals surface area contributed by atoms with E-state index in [0.29, 0.717) is 6.42 Å². The van der Waals surface area contributed by atoms with Crippen LogP contribution in [-0.4, -0.2) is 26.4 Å². The Balaban J connectivity index is 1.78. The van der Waals surface area contributed by atoms with Gasteiger partial charge in [-0.1, -0.05) is 36.4 Å². The van der Waals surface area contributed by atoms with Crippen molar-refractivity contribution in [2.75, 3.05) is 0 Å². The predicted molar refractivity (Wildman–Crippen MR) is 89.7 cm³/mol. The number of hydrogen-bond donors (Lipinski definition) is 2. The maximum absolute atomic E-state index is 12.4. The second-order valence-corrected chi connectivity index (χ2v) is 8.47. The Morgan fingerprint density at radius 3 is 2.52 bits per heavy atom. The van der Waals surface area contributed by atoms with Gasteiger partial charge in [0, 0.05) is 6.04 Å². The molecule has 1 saturated carbocycles. The van der Waals surface area contributed by atoms with Gasteiger partial charge in [0.1, 0.15) is 10.3 Å². The fraction of sp³-hybridized carbons (Fsp3) is 0.312. The third-order valence-corrected chi connectivity index (χ3v) is 6.45. The first kappa shape index (κ1) is 16.2. The van der Waals surface area contributed by atoms with Gasteiger partial charge in [-0.2, -0.15) is 4.72 Å². The van der Waals surface area contributed by atoms with Gasteiger partial charge in [0.25, 0.3) is 10.0 Å². The fourth-order valence-electron chi connectivity index (χ4n) is 2.23. The summed E-state index contributed by atoms with van der Waals surface area (Å²) in [7, 11) is -3.69. The first-order valence-electron chi connectivity index (χ1n) is 7.45. The molecule has 1 atom stereocenters. The molecule has 0 unspecified atom stereocenters. The summed E-state index contributed by atoms with van der Waals surface area (Å²) in [5, 5.41) is 4.58. The lowest BCUT2D eigenvalue weighted by molar-refractivity contribution is -0.122. The molecule has 1 heterocycles. The van der Waals surface area contributed by atoms with E-state index in [1.54, 1.807) is 11.4 Å². The number of carbonyl (C=O) groups excluding carboxylic acids is 1. The zero-order valence-corrected chi connectivity index (χ0v) is 14.1. The number of hydrogen-bond acceptors (Lipinski definition) is 4. The average molecular weight is 350 g/mol. The lowest BCUT2D eigenvalue weighted by Gasteiger charge is -2.18. The third-order valence-electron chi connectivity index (χ3n) is 3.58. The topological polar surface area (TPSA) is 75.3 Å². The number of nitrogens with one attached hydrogen (secondary N) is 2. The van der Waals surface area contributed by atoms with E-state index in [9.17, 15) is 13.2 Å². The van der Waals surface area contributed by atoms with E-state index >= 15 is 0 Å². The van der Waals surface area contributed by atoms with Crippen LogP contribution in [0.5, 0.6) is 0 Å². The molecule has 1 aromatic heterocycles. The third kappa shape index (κ3) is 4.40. The minimum Gasteiger partial charge on any atom is -0.352 e. The Bertz CT molecular complexity index is 754. The standard InChI is InChI=1S/C16H18N2O3S2/c19-16(17-13-8-9-13)14(11-12-5-2-1-3-6-12)18-23(20,21)15-7-4-10-22-15/h1-7,10,13-14,18H,8-9,11H2,(H,17,19)/t14-/m0/s1. The van der Waals surface area contributed by atoms with Crippen LogP contribution in [-0.2, 0) is 21.2 Å². The number of thiophene rings is 1. The van der Waals surface area contributed by atoms with Crippen molar-refractivity contribution in [3.8, 4) is 0 Å². The van der Waals surface area contributed by atoms with Crippen LogP contribution in [0.1, 0.15) is 18.4 Å². The average Bonchev–Trinajstić information content (AvgIpc) is 3.16. The van der Waals surface area contributed by atoms with E-state index in [0.717, 1.165) is 29.7 Å². The zero-order chi connectivity index (χ0) is 16.3. The van der Waals surface area contributed by atoms with E-state index in [1.807, 2.05) is 30.3 Å². The molecule has 23 heavy (non-hydrogen) atoms. The smallest absolute Gasteiger partial charge is 0.250 e. The van der Waals surface area contributed by atoms with Gasteiger partial charge in [0.2, 0.25) is 5.91 Å². The Kier molecular flexibility index (Phi) is 4.79. The largest absolute Gasteiger partial charge is 0.352 e. The van der Waals surface area contributed by atoms with Crippen LogP contribution in [0.25, 0.3) is 0 Å². The summed E-state index contributed by atoms with van der Waals surface area (Å²) in [6.45, 7) is 0. The first-order valence-corrected chi connectivity index (χ1v) is 9.81. The molecule has 122 valence electrons. The Morgan fingerprint density at radius 1 is 1.17 bits per heavy atom. The van der Waals surface area contributed by atoms with Gasteiger partial charge in [-0.3, -0.25) is 4.79 Å². The van der Waals surface area contributed by atoms with Gasteiger partial charge in [-0.25, -0.2) is 8.42 Å². The molecule has 1 aromatic carbocycles. The molecule has 1 amide bonds. The number of benzene rings is 1. The van der Waals surface area contributed by atoms with Crippen molar-refractivity contribution in [3.05, 3.63) is 53.4 Å². The molecule has 2 N–H and O–H groups in total. The molecule has 1 fully saturated rings. The highest BCUT2D eigenvalue weighted by Gasteiger charge is 2.30. The van der Waals surface area contributed by atoms with Crippen molar-refractivity contribution in [1.29, 1.82) is 0 Å². The van der Waals surface area contributed by atoms with Crippen molar-refractivity contribution in [2.24, 2.45) is 0 Å². The number of rotatable bonds is 7. The summed E-state index contributed by atoms with van der Waals surface area (Å²) < 4.78 is 27.6. The van der Waals surface area contributed by atoms with Gasteiger partial charge in [0.05, 0.1) is 0 Å². The van der Waals surface area contributed by atoms with Crippen LogP contribution < -0.4 is 10.0 Å². The number of carbonyl (C=O) groups is 1. The van der Waals surface area contributed by atoms with Crippen molar-refractivity contribution in [2.45, 2.75) is 35.6 Å². The van der Waals surface area contributed by atoms with Gasteiger partial charge >= 0.3 is 0 Å². The number of sulfonamides is 1. The summed E-state index contributed by atoms with van der Waals surface area (Å²) in [5.41, 5.74) is 0.914. The number of amides is 1. The Hall–Kier alpha value is -1.70. The van der Waals surface area contributed by atoms with Crippen molar-refractivity contribution < 1.29 is 13.2 Å². The van der Waals surface area contributed by atoms with E-state index in [1.165, 1.54) is 6.07 Å². The molecule has 0 bridgehead atoms. The molecule has 0 radical (unpaired) electrons. The van der Waals surface area contributed by atoms with E-state index in [4.69, 9.17) is 0 Å². The van der Waals surface area contributed by atoms with Crippen LogP contribution in [0, 0.1) is 0 Å². The normalized spacial score (nSPS) is 16.0. The molecule has 7 heteroatoms. The summed E-state index contributed by atoms with van der Waals surface area (Å²) in [6.07, 6.45) is 2.24. The predicted octanol–water partition coefficient (Wildman–Crippen LogP) is 1.92. The Morgan fingerprint density at radius 2 is 1.91 bits per heavy atom. The summed E-state index contributed by atoms with van der Waals surface area (Å²) in [6, 6.07) is 12.0. The molecule has 0 saturated heterocycles. The van der Waals surface area contributed by atoms with Crippen LogP contribution in [0.15, 0.2) is 52.1 Å². The van der Waals surface area contributed by atoms with Gasteiger partial charge in [-0.05, 0) is 36.3 Å². The van der Waals surface area contributed by atoms with Crippen LogP contribution >= 0.6 is 11.3 Å². The molecule has 5 nitrogen and oxygen atoms in total. The van der Waals surface area contributed by atoms with Crippen LogP contribution in [0.4, 0.5) is 0 Å². The monoisotopic (exact) mass is 350 g/mol. The minimum absolute atomic E-state index is 0.187. The highest BCUT2D eigenvalue weighted by molar-refractivity contribution is 7.91. The molecular formula is C16H18N2O3S2. The minimum atomic E-state index is -3.69. The van der Waals surface area contributed by atoms with Crippen molar-refractivity contribution in [3.63, 3.8) is 0 Å². The SMILES string of the molecule is O=C(NC1CC1)[C@H](Cc1ccccc1)NS(=O)(=O)c1cccs1. The summed E-state index contributed by atoms with van der Waals surface area (Å²) in [5.74, 6) is -0.267. The Labute approximate surface area is 139 Å². The van der Waals surface area contributed by atoms with Crippen LogP contribution in [0.2, 0.25) is 0 Å². The molecule has 1 aliphatic carbocycles. The second kappa shape index (κ2) is 6.82. The molecule has 0 aliphatic heterocycles. The van der Waals surface area contributed by atoms with Gasteiger partial charge in [-0.15, -0.1) is 11.3 Å². The highest BCUT2D eigenvalue weighted by Crippen LogP contribution is 2.20. The maximum atomic E-state index is 12.4. The molecule has 1 aliphatic rings. The summed E-state index contributed by atoms with van der Waals surface area (Å²) >= 11 is 1.13. The maximum Gasteiger partial charge on any atom is 0.250 e. The lowest BCUT2D eigenvalue weighted by atomic mass is 10.1. The van der Waals surface area contributed by atoms with Crippen molar-refractivity contribution >= 4 is 27.3 Å². The van der Waals surface area contributed by atoms with Gasteiger partial charge < -0.3 is 5.32 Å². The lowest BCUT2D eigenvalue weighted by Crippen LogP contribution is -2.48. The van der Waals surface area contributed by atoms with Crippen LogP contribution in [0.3, 0.4) is 0 Å². The molecule has 2 aromatic rings. The van der Waals surface area contributed by atoms with Gasteiger partial charge in [0.15, 0.2) is 0 Å². The van der Waals surface area contributed by atoms with Crippen molar-refractivity contribution in [1.82, 2.24) is 10.0 Å².